The average Bonchev–Trinajstić information content (AvgIpc) is 2.98. The minimum absolute atomic E-state index is 0.0408. The number of hydrogen-bond donors (Lipinski definition) is 1. The van der Waals surface area contributed by atoms with Crippen molar-refractivity contribution < 1.29 is 26.9 Å². The zero-order valence-electron chi connectivity index (χ0n) is 16.8. The minimum Gasteiger partial charge on any atom is -0.338 e. The molecule has 0 atom stereocenters. The van der Waals surface area contributed by atoms with E-state index < -0.39 is 17.6 Å². The Labute approximate surface area is 171 Å². The van der Waals surface area contributed by atoms with Crippen molar-refractivity contribution in [3.8, 4) is 0 Å². The highest BCUT2D eigenvalue weighted by atomic mass is 19.4. The van der Waals surface area contributed by atoms with Crippen LogP contribution in [-0.4, -0.2) is 29.2 Å². The molecule has 2 aromatic rings. The fraction of sp³-hybridized carbons (Fsp3) is 0.524. The van der Waals surface area contributed by atoms with Gasteiger partial charge >= 0.3 is 12.2 Å². The molecule has 0 unspecified atom stereocenters. The molecule has 1 aliphatic heterocycles. The molecule has 2 fully saturated rings. The minimum atomic E-state index is -4.69. The van der Waals surface area contributed by atoms with Crippen molar-refractivity contribution >= 4 is 11.9 Å². The van der Waals surface area contributed by atoms with Crippen molar-refractivity contribution in [3.05, 3.63) is 46.4 Å². The summed E-state index contributed by atoms with van der Waals surface area (Å²) < 4.78 is 58.4. The Morgan fingerprint density at radius 2 is 1.90 bits per heavy atom. The molecule has 30 heavy (non-hydrogen) atoms. The molecule has 4 rings (SSSR count). The fourth-order valence-electron chi connectivity index (χ4n) is 4.59. The molecule has 1 aromatic heterocycles. The van der Waals surface area contributed by atoms with E-state index in [9.17, 15) is 22.4 Å². The third kappa shape index (κ3) is 3.65. The Balaban J connectivity index is 1.35. The molecule has 1 saturated carbocycles. The molecule has 2 amide bonds. The second kappa shape index (κ2) is 7.28. The number of halogens is 4. The van der Waals surface area contributed by atoms with Crippen LogP contribution in [0.2, 0.25) is 0 Å². The number of aromatic nitrogens is 1. The van der Waals surface area contributed by atoms with Crippen molar-refractivity contribution in [2.24, 2.45) is 5.41 Å². The molecule has 162 valence electrons. The first-order chi connectivity index (χ1) is 14.1. The van der Waals surface area contributed by atoms with E-state index in [4.69, 9.17) is 4.52 Å². The summed E-state index contributed by atoms with van der Waals surface area (Å²) in [5, 5.41) is 6.54. The zero-order valence-corrected chi connectivity index (χ0v) is 16.8. The van der Waals surface area contributed by atoms with Gasteiger partial charge in [0.2, 0.25) is 5.88 Å². The van der Waals surface area contributed by atoms with Gasteiger partial charge in [0, 0.05) is 18.7 Å². The van der Waals surface area contributed by atoms with E-state index in [2.05, 4.69) is 10.5 Å². The largest absolute Gasteiger partial charge is 0.419 e. The molecule has 9 heteroatoms. The smallest absolute Gasteiger partial charge is 0.338 e. The van der Waals surface area contributed by atoms with Gasteiger partial charge in [-0.25, -0.2) is 9.18 Å². The number of carbonyl (C=O) groups is 1. The first kappa shape index (κ1) is 20.7. The zero-order chi connectivity index (χ0) is 21.7. The predicted octanol–water partition coefficient (Wildman–Crippen LogP) is 5.64. The summed E-state index contributed by atoms with van der Waals surface area (Å²) in [7, 11) is 0. The first-order valence-corrected chi connectivity index (χ1v) is 9.94. The number of carbonyl (C=O) groups excluding carboxylic acids is 1. The van der Waals surface area contributed by atoms with Gasteiger partial charge in [-0.3, -0.25) is 5.32 Å². The maximum atomic E-state index is 14.4. The van der Waals surface area contributed by atoms with Gasteiger partial charge in [-0.15, -0.1) is 0 Å². The lowest BCUT2D eigenvalue weighted by atomic mass is 9.56. The Morgan fingerprint density at radius 3 is 2.47 bits per heavy atom. The topological polar surface area (TPSA) is 58.4 Å². The van der Waals surface area contributed by atoms with Crippen LogP contribution in [0.5, 0.6) is 0 Å². The third-order valence-electron chi connectivity index (χ3n) is 6.62. The SMILES string of the molecule is Cc1noc(NC(=O)N2CCC3(CC2)CC(c2cccc(C(F)(F)F)c2F)C3)c1C. The number of hydrogen-bond acceptors (Lipinski definition) is 3. The van der Waals surface area contributed by atoms with E-state index in [1.807, 2.05) is 6.92 Å². The summed E-state index contributed by atoms with van der Waals surface area (Å²) in [5.74, 6) is -1.03. The molecule has 2 aliphatic rings. The lowest BCUT2D eigenvalue weighted by Crippen LogP contribution is -2.49. The van der Waals surface area contributed by atoms with Crippen LogP contribution in [0.1, 0.15) is 54.0 Å². The van der Waals surface area contributed by atoms with Gasteiger partial charge in [0.1, 0.15) is 5.82 Å². The van der Waals surface area contributed by atoms with E-state index in [1.54, 1.807) is 11.8 Å². The lowest BCUT2D eigenvalue weighted by molar-refractivity contribution is -0.140. The average molecular weight is 425 g/mol. The molecule has 1 aliphatic carbocycles. The van der Waals surface area contributed by atoms with Crippen LogP contribution >= 0.6 is 0 Å². The summed E-state index contributed by atoms with van der Waals surface area (Å²) in [6.07, 6.45) is -1.93. The molecule has 0 bridgehead atoms. The van der Waals surface area contributed by atoms with Gasteiger partial charge in [-0.05, 0) is 62.5 Å². The van der Waals surface area contributed by atoms with E-state index in [0.29, 0.717) is 37.5 Å². The van der Waals surface area contributed by atoms with Crippen molar-refractivity contribution in [3.63, 3.8) is 0 Å². The quantitative estimate of drug-likeness (QED) is 0.634. The second-order valence-electron chi connectivity index (χ2n) is 8.45. The number of piperidine rings is 1. The number of nitrogens with zero attached hydrogens (tertiary/aromatic N) is 2. The van der Waals surface area contributed by atoms with Gasteiger partial charge in [-0.2, -0.15) is 13.2 Å². The van der Waals surface area contributed by atoms with Crippen molar-refractivity contribution in [1.29, 1.82) is 0 Å². The number of urea groups is 1. The van der Waals surface area contributed by atoms with E-state index >= 15 is 0 Å². The molecule has 1 N–H and O–H groups in total. The van der Waals surface area contributed by atoms with Crippen LogP contribution in [-0.2, 0) is 6.18 Å². The highest BCUT2D eigenvalue weighted by molar-refractivity contribution is 5.88. The Kier molecular flexibility index (Phi) is 5.02. The number of likely N-dealkylation sites (tertiary alicyclic amines) is 1. The number of nitrogens with one attached hydrogen (secondary N) is 1. The predicted molar refractivity (Wildman–Crippen MR) is 102 cm³/mol. The molecule has 1 spiro atoms. The monoisotopic (exact) mass is 425 g/mol. The van der Waals surface area contributed by atoms with E-state index in [0.717, 1.165) is 24.5 Å². The van der Waals surface area contributed by atoms with Crippen LogP contribution in [0, 0.1) is 25.1 Å². The third-order valence-corrected chi connectivity index (χ3v) is 6.62. The summed E-state index contributed by atoms with van der Waals surface area (Å²) in [4.78, 5) is 14.2. The Hall–Kier alpha value is -2.58. The normalized spacial score (nSPS) is 19.1. The number of amides is 2. The highest BCUT2D eigenvalue weighted by Gasteiger charge is 2.48. The van der Waals surface area contributed by atoms with Crippen LogP contribution in [0.15, 0.2) is 22.7 Å². The molecular formula is C21H23F4N3O2. The molecule has 0 radical (unpaired) electrons. The molecule has 1 aromatic carbocycles. The highest BCUT2D eigenvalue weighted by Crippen LogP contribution is 2.57. The van der Waals surface area contributed by atoms with Gasteiger partial charge in [0.25, 0.3) is 0 Å². The van der Waals surface area contributed by atoms with Crippen LogP contribution in [0.3, 0.4) is 0 Å². The number of alkyl halides is 3. The van der Waals surface area contributed by atoms with Crippen molar-refractivity contribution in [2.45, 2.75) is 51.6 Å². The second-order valence-corrected chi connectivity index (χ2v) is 8.45. The first-order valence-electron chi connectivity index (χ1n) is 9.94. The maximum Gasteiger partial charge on any atom is 0.419 e. The molecular weight excluding hydrogens is 402 g/mol. The van der Waals surface area contributed by atoms with Gasteiger partial charge in [0.15, 0.2) is 0 Å². The van der Waals surface area contributed by atoms with E-state index in [1.165, 1.54) is 12.1 Å². The van der Waals surface area contributed by atoms with E-state index in [-0.39, 0.29) is 22.9 Å². The number of anilines is 1. The maximum absolute atomic E-state index is 14.4. The van der Waals surface area contributed by atoms with Gasteiger partial charge in [0.05, 0.1) is 11.3 Å². The number of aryl methyl sites for hydroxylation is 1. The summed E-state index contributed by atoms with van der Waals surface area (Å²) >= 11 is 0. The van der Waals surface area contributed by atoms with Gasteiger partial charge < -0.3 is 9.42 Å². The standard InChI is InChI=1S/C21H23F4N3O2/c1-12-13(2)27-30-18(12)26-19(29)28-8-6-20(7-9-28)10-14(11-20)15-4-3-5-16(17(15)22)21(23,24)25/h3-5,14H,6-11H2,1-2H3,(H,26,29). The van der Waals surface area contributed by atoms with Crippen LogP contribution in [0.25, 0.3) is 0 Å². The fourth-order valence-corrected chi connectivity index (χ4v) is 4.59. The van der Waals surface area contributed by atoms with Gasteiger partial charge in [-0.1, -0.05) is 17.3 Å². The Bertz CT molecular complexity index is 954. The lowest BCUT2D eigenvalue weighted by Gasteiger charge is -2.52. The summed E-state index contributed by atoms with van der Waals surface area (Å²) in [5.41, 5.74) is 0.394. The number of rotatable bonds is 2. The van der Waals surface area contributed by atoms with Crippen molar-refractivity contribution in [1.82, 2.24) is 10.1 Å². The van der Waals surface area contributed by atoms with Crippen LogP contribution < -0.4 is 5.32 Å². The summed E-state index contributed by atoms with van der Waals surface area (Å²) in [6, 6.07) is 3.24. The molecule has 1 saturated heterocycles. The molecule has 2 heterocycles. The number of benzene rings is 1. The Morgan fingerprint density at radius 1 is 1.23 bits per heavy atom. The molecule has 5 nitrogen and oxygen atoms in total. The van der Waals surface area contributed by atoms with Crippen molar-refractivity contribution in [2.75, 3.05) is 18.4 Å². The summed E-state index contributed by atoms with van der Waals surface area (Å²) in [6.45, 7) is 4.68. The van der Waals surface area contributed by atoms with Crippen LogP contribution in [0.4, 0.5) is 28.2 Å².